The largest absolute Gasteiger partial charge is 0.307 e. The average molecular weight is 337 g/mol. The molecule has 8 heteroatoms. The van der Waals surface area contributed by atoms with Crippen LogP contribution in [-0.2, 0) is 14.6 Å². The highest BCUT2D eigenvalue weighted by atomic mass is 32.2. The first-order chi connectivity index (χ1) is 10.5. The summed E-state index contributed by atoms with van der Waals surface area (Å²) in [5, 5.41) is 10.8. The molecule has 0 aromatic carbocycles. The van der Waals surface area contributed by atoms with Crippen LogP contribution in [0.25, 0.3) is 6.08 Å². The number of hydrogen-bond donors (Lipinski definition) is 1. The maximum Gasteiger partial charge on any atom is 0.249 e. The molecule has 0 aliphatic carbocycles. The Bertz CT molecular complexity index is 791. The third-order valence-corrected chi connectivity index (χ3v) is 5.90. The minimum absolute atomic E-state index is 0.0717. The van der Waals surface area contributed by atoms with Gasteiger partial charge in [-0.2, -0.15) is 16.4 Å². The third-order valence-electron chi connectivity index (χ3n) is 3.45. The van der Waals surface area contributed by atoms with Gasteiger partial charge in [0.1, 0.15) is 5.82 Å². The number of aromatic nitrogens is 2. The van der Waals surface area contributed by atoms with Gasteiger partial charge in [-0.15, -0.1) is 0 Å². The van der Waals surface area contributed by atoms with Crippen LogP contribution in [0.5, 0.6) is 0 Å². The Morgan fingerprint density at radius 1 is 1.45 bits per heavy atom. The zero-order valence-electron chi connectivity index (χ0n) is 11.7. The van der Waals surface area contributed by atoms with E-state index in [1.807, 2.05) is 16.8 Å². The number of thiophene rings is 1. The summed E-state index contributed by atoms with van der Waals surface area (Å²) in [6, 6.07) is 3.37. The molecule has 0 spiro atoms. The molecule has 1 fully saturated rings. The van der Waals surface area contributed by atoms with Crippen LogP contribution in [0, 0.1) is 0 Å². The summed E-state index contributed by atoms with van der Waals surface area (Å²) in [5.74, 6) is 0.488. The Morgan fingerprint density at radius 3 is 3.00 bits per heavy atom. The highest BCUT2D eigenvalue weighted by Crippen LogP contribution is 2.26. The molecule has 22 heavy (non-hydrogen) atoms. The summed E-state index contributed by atoms with van der Waals surface area (Å²) >= 11 is 1.56. The molecule has 3 heterocycles. The summed E-state index contributed by atoms with van der Waals surface area (Å²) < 4.78 is 24.7. The molecule has 1 amide bonds. The van der Waals surface area contributed by atoms with Crippen molar-refractivity contribution in [3.8, 4) is 0 Å². The van der Waals surface area contributed by atoms with Crippen LogP contribution in [0.1, 0.15) is 18.0 Å². The Morgan fingerprint density at radius 2 is 2.32 bits per heavy atom. The van der Waals surface area contributed by atoms with E-state index in [0.29, 0.717) is 12.2 Å². The standard InChI is InChI=1S/C14H15N3O3S2/c18-14(2-1-11-4-7-21-9-11)16-13-3-6-15-17(13)12-5-8-22(19,20)10-12/h1-4,6-7,9,12H,5,8,10H2,(H,16,18). The second-order valence-electron chi connectivity index (χ2n) is 5.10. The number of hydrogen-bond acceptors (Lipinski definition) is 5. The first-order valence-electron chi connectivity index (χ1n) is 6.79. The third kappa shape index (κ3) is 3.45. The van der Waals surface area contributed by atoms with Crippen LogP contribution in [0.4, 0.5) is 5.82 Å². The quantitative estimate of drug-likeness (QED) is 0.865. The molecule has 1 saturated heterocycles. The highest BCUT2D eigenvalue weighted by Gasteiger charge is 2.30. The number of carbonyl (C=O) groups excluding carboxylic acids is 1. The summed E-state index contributed by atoms with van der Waals surface area (Å²) in [4.78, 5) is 11.9. The maximum absolute atomic E-state index is 11.9. The normalized spacial score (nSPS) is 20.5. The van der Waals surface area contributed by atoms with Crippen LogP contribution in [0.2, 0.25) is 0 Å². The van der Waals surface area contributed by atoms with Crippen LogP contribution >= 0.6 is 11.3 Å². The molecule has 116 valence electrons. The van der Waals surface area contributed by atoms with Crippen molar-refractivity contribution >= 4 is 39.0 Å². The van der Waals surface area contributed by atoms with Crippen molar-refractivity contribution in [3.05, 3.63) is 40.7 Å². The summed E-state index contributed by atoms with van der Waals surface area (Å²) in [6.45, 7) is 0. The van der Waals surface area contributed by atoms with E-state index in [4.69, 9.17) is 0 Å². The van der Waals surface area contributed by atoms with E-state index < -0.39 is 9.84 Å². The number of rotatable bonds is 4. The Kier molecular flexibility index (Phi) is 4.12. The van der Waals surface area contributed by atoms with E-state index in [9.17, 15) is 13.2 Å². The number of sulfone groups is 1. The van der Waals surface area contributed by atoms with Gasteiger partial charge >= 0.3 is 0 Å². The van der Waals surface area contributed by atoms with Crippen LogP contribution in [0.15, 0.2) is 35.2 Å². The smallest absolute Gasteiger partial charge is 0.249 e. The summed E-state index contributed by atoms with van der Waals surface area (Å²) in [7, 11) is -2.99. The summed E-state index contributed by atoms with van der Waals surface area (Å²) in [5.41, 5.74) is 0.968. The number of nitrogens with zero attached hydrogens (tertiary/aromatic N) is 2. The Hall–Kier alpha value is -1.93. The van der Waals surface area contributed by atoms with Crippen molar-refractivity contribution in [1.82, 2.24) is 9.78 Å². The molecular formula is C14H15N3O3S2. The topological polar surface area (TPSA) is 81.1 Å². The van der Waals surface area contributed by atoms with Crippen molar-refractivity contribution in [3.63, 3.8) is 0 Å². The minimum atomic E-state index is -2.99. The van der Waals surface area contributed by atoms with Gasteiger partial charge in [-0.1, -0.05) is 0 Å². The Balaban J connectivity index is 1.69. The minimum Gasteiger partial charge on any atom is -0.307 e. The van der Waals surface area contributed by atoms with Gasteiger partial charge in [-0.3, -0.25) is 4.79 Å². The van der Waals surface area contributed by atoms with E-state index in [1.165, 1.54) is 6.08 Å². The van der Waals surface area contributed by atoms with Crippen molar-refractivity contribution in [2.45, 2.75) is 12.5 Å². The summed E-state index contributed by atoms with van der Waals surface area (Å²) in [6.07, 6.45) is 5.26. The van der Waals surface area contributed by atoms with Gasteiger partial charge in [0.15, 0.2) is 9.84 Å². The van der Waals surface area contributed by atoms with Gasteiger partial charge in [-0.25, -0.2) is 13.1 Å². The van der Waals surface area contributed by atoms with Crippen LogP contribution < -0.4 is 5.32 Å². The van der Waals surface area contributed by atoms with Gasteiger partial charge in [-0.05, 0) is 34.9 Å². The van der Waals surface area contributed by atoms with Gasteiger partial charge in [0.2, 0.25) is 5.91 Å². The molecule has 3 rings (SSSR count). The molecule has 2 aromatic rings. The van der Waals surface area contributed by atoms with E-state index in [0.717, 1.165) is 5.56 Å². The SMILES string of the molecule is O=C(C=Cc1ccsc1)Nc1ccnn1C1CCS(=O)(=O)C1. The zero-order valence-corrected chi connectivity index (χ0v) is 13.3. The van der Waals surface area contributed by atoms with E-state index in [2.05, 4.69) is 10.4 Å². The second-order valence-corrected chi connectivity index (χ2v) is 8.11. The van der Waals surface area contributed by atoms with E-state index in [-0.39, 0.29) is 23.5 Å². The monoisotopic (exact) mass is 337 g/mol. The molecule has 1 N–H and O–H groups in total. The molecule has 2 aromatic heterocycles. The predicted molar refractivity (Wildman–Crippen MR) is 86.5 cm³/mol. The maximum atomic E-state index is 11.9. The molecule has 1 atom stereocenters. The van der Waals surface area contributed by atoms with Gasteiger partial charge in [0.25, 0.3) is 0 Å². The fraction of sp³-hybridized carbons (Fsp3) is 0.286. The fourth-order valence-electron chi connectivity index (χ4n) is 2.38. The van der Waals surface area contributed by atoms with Crippen molar-refractivity contribution in [2.75, 3.05) is 16.8 Å². The van der Waals surface area contributed by atoms with Gasteiger partial charge < -0.3 is 5.32 Å². The van der Waals surface area contributed by atoms with Gasteiger partial charge in [0, 0.05) is 12.1 Å². The Labute approximate surface area is 132 Å². The zero-order chi connectivity index (χ0) is 15.6. The number of carbonyl (C=O) groups is 1. The first kappa shape index (κ1) is 15.0. The lowest BCUT2D eigenvalue weighted by Gasteiger charge is -2.12. The molecule has 0 radical (unpaired) electrons. The van der Waals surface area contributed by atoms with Crippen molar-refractivity contribution in [2.24, 2.45) is 0 Å². The van der Waals surface area contributed by atoms with Crippen molar-refractivity contribution < 1.29 is 13.2 Å². The molecule has 1 aliphatic heterocycles. The lowest BCUT2D eigenvalue weighted by molar-refractivity contribution is -0.111. The number of nitrogens with one attached hydrogen (secondary N) is 1. The molecule has 1 unspecified atom stereocenters. The molecular weight excluding hydrogens is 322 g/mol. The molecule has 0 saturated carbocycles. The van der Waals surface area contributed by atoms with Crippen LogP contribution in [-0.4, -0.2) is 35.6 Å². The number of amides is 1. The van der Waals surface area contributed by atoms with Crippen molar-refractivity contribution in [1.29, 1.82) is 0 Å². The first-order valence-corrected chi connectivity index (χ1v) is 9.55. The molecule has 1 aliphatic rings. The highest BCUT2D eigenvalue weighted by molar-refractivity contribution is 7.91. The lowest BCUT2D eigenvalue weighted by atomic mass is 10.3. The van der Waals surface area contributed by atoms with Crippen LogP contribution in [0.3, 0.4) is 0 Å². The average Bonchev–Trinajstić information content (AvgIpc) is 3.17. The number of anilines is 1. The predicted octanol–water partition coefficient (Wildman–Crippen LogP) is 1.96. The fourth-order valence-corrected chi connectivity index (χ4v) is 4.70. The lowest BCUT2D eigenvalue weighted by Crippen LogP contribution is -2.18. The van der Waals surface area contributed by atoms with E-state index in [1.54, 1.807) is 34.4 Å². The van der Waals surface area contributed by atoms with Gasteiger partial charge in [0.05, 0.1) is 23.7 Å². The van der Waals surface area contributed by atoms with E-state index >= 15 is 0 Å². The second kappa shape index (κ2) is 6.05. The molecule has 6 nitrogen and oxygen atoms in total. The molecule has 0 bridgehead atoms.